The van der Waals surface area contributed by atoms with Crippen molar-refractivity contribution in [2.24, 2.45) is 0 Å². The van der Waals surface area contributed by atoms with Crippen LogP contribution in [0.3, 0.4) is 0 Å². The van der Waals surface area contributed by atoms with Crippen LogP contribution >= 0.6 is 0 Å². The Kier molecular flexibility index (Phi) is 6.37. The lowest BCUT2D eigenvalue weighted by atomic mass is 10.1. The lowest BCUT2D eigenvalue weighted by molar-refractivity contribution is -0.124. The molecule has 5 nitrogen and oxygen atoms in total. The molecule has 0 spiro atoms. The van der Waals surface area contributed by atoms with Crippen LogP contribution in [0.5, 0.6) is 5.75 Å². The third kappa shape index (κ3) is 5.12. The number of esters is 1. The first kappa shape index (κ1) is 17.5. The number of para-hydroxylation sites is 1. The molecule has 0 unspecified atom stereocenters. The van der Waals surface area contributed by atoms with E-state index in [2.05, 4.69) is 5.32 Å². The van der Waals surface area contributed by atoms with Crippen LogP contribution in [0.15, 0.2) is 48.5 Å². The fraction of sp³-hybridized carbons (Fsp3) is 0.263. The Morgan fingerprint density at radius 3 is 2.46 bits per heavy atom. The minimum Gasteiger partial charge on any atom is -0.493 e. The molecule has 0 bridgehead atoms. The Bertz CT molecular complexity index is 695. The fourth-order valence-electron chi connectivity index (χ4n) is 2.08. The molecule has 126 valence electrons. The zero-order chi connectivity index (χ0) is 17.4. The van der Waals surface area contributed by atoms with Crippen LogP contribution in [0.1, 0.15) is 28.4 Å². The van der Waals surface area contributed by atoms with Gasteiger partial charge < -0.3 is 14.8 Å². The Morgan fingerprint density at radius 1 is 1.04 bits per heavy atom. The minimum atomic E-state index is -0.579. The van der Waals surface area contributed by atoms with Crippen molar-refractivity contribution in [1.29, 1.82) is 0 Å². The van der Waals surface area contributed by atoms with Gasteiger partial charge in [-0.25, -0.2) is 4.79 Å². The van der Waals surface area contributed by atoms with E-state index in [1.54, 1.807) is 24.3 Å². The Morgan fingerprint density at radius 2 is 1.75 bits per heavy atom. The van der Waals surface area contributed by atoms with Gasteiger partial charge in [0.25, 0.3) is 5.91 Å². The van der Waals surface area contributed by atoms with Crippen molar-refractivity contribution in [3.63, 3.8) is 0 Å². The van der Waals surface area contributed by atoms with Crippen LogP contribution in [0, 0.1) is 6.92 Å². The van der Waals surface area contributed by atoms with E-state index in [0.29, 0.717) is 24.5 Å². The number of carbonyl (C=O) groups excluding carboxylic acids is 2. The third-order valence-corrected chi connectivity index (χ3v) is 3.35. The Hall–Kier alpha value is -2.82. The molecule has 24 heavy (non-hydrogen) atoms. The molecule has 0 aliphatic rings. The molecule has 0 aromatic heterocycles. The predicted molar refractivity (Wildman–Crippen MR) is 90.9 cm³/mol. The molecular formula is C19H21NO4. The quantitative estimate of drug-likeness (QED) is 0.794. The summed E-state index contributed by atoms with van der Waals surface area (Å²) in [6.07, 6.45) is 0. The average Bonchev–Trinajstić information content (AvgIpc) is 2.60. The SMILES string of the molecule is CCOc1ccccc1C(=O)OCC(=O)NCc1ccc(C)cc1. The van der Waals surface area contributed by atoms with Gasteiger partial charge in [0.2, 0.25) is 0 Å². The number of ether oxygens (including phenoxy) is 2. The largest absolute Gasteiger partial charge is 0.493 e. The van der Waals surface area contributed by atoms with Crippen molar-refractivity contribution in [2.45, 2.75) is 20.4 Å². The molecule has 2 aromatic rings. The van der Waals surface area contributed by atoms with Gasteiger partial charge in [-0.2, -0.15) is 0 Å². The van der Waals surface area contributed by atoms with Gasteiger partial charge in [-0.3, -0.25) is 4.79 Å². The van der Waals surface area contributed by atoms with E-state index in [4.69, 9.17) is 9.47 Å². The average molecular weight is 327 g/mol. The molecule has 5 heteroatoms. The number of hydrogen-bond donors (Lipinski definition) is 1. The van der Waals surface area contributed by atoms with Crippen LogP contribution in [-0.4, -0.2) is 25.1 Å². The van der Waals surface area contributed by atoms with Crippen molar-refractivity contribution >= 4 is 11.9 Å². The van der Waals surface area contributed by atoms with E-state index in [1.807, 2.05) is 38.1 Å². The molecule has 2 rings (SSSR count). The molecule has 1 N–H and O–H groups in total. The molecular weight excluding hydrogens is 306 g/mol. The smallest absolute Gasteiger partial charge is 0.342 e. The van der Waals surface area contributed by atoms with Crippen LogP contribution in [0.2, 0.25) is 0 Å². The molecule has 0 atom stereocenters. The summed E-state index contributed by atoms with van der Waals surface area (Å²) in [5.41, 5.74) is 2.46. The van der Waals surface area contributed by atoms with Crippen molar-refractivity contribution < 1.29 is 19.1 Å². The van der Waals surface area contributed by atoms with E-state index in [9.17, 15) is 9.59 Å². The Balaban J connectivity index is 1.83. The summed E-state index contributed by atoms with van der Waals surface area (Å²) in [5.74, 6) is -0.479. The molecule has 0 saturated carbocycles. The molecule has 0 saturated heterocycles. The molecule has 1 amide bonds. The maximum Gasteiger partial charge on any atom is 0.342 e. The van der Waals surface area contributed by atoms with E-state index in [-0.39, 0.29) is 12.5 Å². The first-order valence-electron chi connectivity index (χ1n) is 7.81. The van der Waals surface area contributed by atoms with Crippen molar-refractivity contribution in [3.05, 3.63) is 65.2 Å². The lowest BCUT2D eigenvalue weighted by Gasteiger charge is -2.10. The number of aryl methyl sites for hydroxylation is 1. The molecule has 0 fully saturated rings. The van der Waals surface area contributed by atoms with Gasteiger partial charge in [0.1, 0.15) is 11.3 Å². The van der Waals surface area contributed by atoms with E-state index in [0.717, 1.165) is 11.1 Å². The maximum atomic E-state index is 12.1. The standard InChI is InChI=1S/C19H21NO4/c1-3-23-17-7-5-4-6-16(17)19(22)24-13-18(21)20-12-15-10-8-14(2)9-11-15/h4-11H,3,12-13H2,1-2H3,(H,20,21). The highest BCUT2D eigenvalue weighted by Gasteiger charge is 2.14. The molecule has 0 heterocycles. The van der Waals surface area contributed by atoms with E-state index < -0.39 is 5.97 Å². The number of benzene rings is 2. The summed E-state index contributed by atoms with van der Waals surface area (Å²) >= 11 is 0. The zero-order valence-electron chi connectivity index (χ0n) is 13.9. The van der Waals surface area contributed by atoms with Gasteiger partial charge in [-0.15, -0.1) is 0 Å². The number of nitrogens with one attached hydrogen (secondary N) is 1. The monoisotopic (exact) mass is 327 g/mol. The van der Waals surface area contributed by atoms with E-state index in [1.165, 1.54) is 0 Å². The van der Waals surface area contributed by atoms with Crippen LogP contribution in [0.25, 0.3) is 0 Å². The third-order valence-electron chi connectivity index (χ3n) is 3.35. The second kappa shape index (κ2) is 8.72. The summed E-state index contributed by atoms with van der Waals surface area (Å²) in [6.45, 7) is 4.35. The topological polar surface area (TPSA) is 64.6 Å². The van der Waals surface area contributed by atoms with Gasteiger partial charge in [-0.1, -0.05) is 42.0 Å². The summed E-state index contributed by atoms with van der Waals surface area (Å²) in [4.78, 5) is 23.9. The molecule has 2 aromatic carbocycles. The first-order chi connectivity index (χ1) is 11.6. The number of amides is 1. The summed E-state index contributed by atoms with van der Waals surface area (Å²) in [6, 6.07) is 14.6. The molecule has 0 aliphatic heterocycles. The number of rotatable bonds is 7. The van der Waals surface area contributed by atoms with Gasteiger partial charge in [0.05, 0.1) is 6.61 Å². The fourth-order valence-corrected chi connectivity index (χ4v) is 2.08. The molecule has 0 radical (unpaired) electrons. The van der Waals surface area contributed by atoms with Gasteiger partial charge in [0, 0.05) is 6.54 Å². The van der Waals surface area contributed by atoms with E-state index >= 15 is 0 Å². The lowest BCUT2D eigenvalue weighted by Crippen LogP contribution is -2.28. The highest BCUT2D eigenvalue weighted by Crippen LogP contribution is 2.18. The summed E-state index contributed by atoms with van der Waals surface area (Å²) in [7, 11) is 0. The van der Waals surface area contributed by atoms with Crippen LogP contribution in [-0.2, 0) is 16.1 Å². The highest BCUT2D eigenvalue weighted by molar-refractivity contribution is 5.93. The second-order valence-corrected chi connectivity index (χ2v) is 5.27. The second-order valence-electron chi connectivity index (χ2n) is 5.27. The highest BCUT2D eigenvalue weighted by atomic mass is 16.5. The Labute approximate surface area is 141 Å². The number of hydrogen-bond acceptors (Lipinski definition) is 4. The number of carbonyl (C=O) groups is 2. The van der Waals surface area contributed by atoms with Crippen molar-refractivity contribution in [3.8, 4) is 5.75 Å². The molecule has 0 aliphatic carbocycles. The first-order valence-corrected chi connectivity index (χ1v) is 7.81. The van der Waals surface area contributed by atoms with Crippen molar-refractivity contribution in [1.82, 2.24) is 5.32 Å². The van der Waals surface area contributed by atoms with Gasteiger partial charge in [-0.05, 0) is 31.5 Å². The zero-order valence-corrected chi connectivity index (χ0v) is 13.9. The van der Waals surface area contributed by atoms with Crippen LogP contribution in [0.4, 0.5) is 0 Å². The summed E-state index contributed by atoms with van der Waals surface area (Å²) in [5, 5.41) is 2.72. The van der Waals surface area contributed by atoms with Gasteiger partial charge in [0.15, 0.2) is 6.61 Å². The predicted octanol–water partition coefficient (Wildman–Crippen LogP) is 2.87. The maximum absolute atomic E-state index is 12.1. The van der Waals surface area contributed by atoms with Crippen LogP contribution < -0.4 is 10.1 Å². The normalized spacial score (nSPS) is 10.1. The van der Waals surface area contributed by atoms with Gasteiger partial charge >= 0.3 is 5.97 Å². The van der Waals surface area contributed by atoms with Crippen molar-refractivity contribution in [2.75, 3.05) is 13.2 Å². The minimum absolute atomic E-state index is 0.311. The summed E-state index contributed by atoms with van der Waals surface area (Å²) < 4.78 is 10.4.